The summed E-state index contributed by atoms with van der Waals surface area (Å²) in [5.74, 6) is 0.658. The minimum Gasteiger partial charge on any atom is -0.301 e. The van der Waals surface area contributed by atoms with E-state index in [-0.39, 0.29) is 11.7 Å². The van der Waals surface area contributed by atoms with Crippen LogP contribution >= 0.6 is 46.3 Å². The van der Waals surface area contributed by atoms with Gasteiger partial charge in [0, 0.05) is 41.1 Å². The maximum atomic E-state index is 12.7. The molecule has 7 nitrogen and oxygen atoms in total. The van der Waals surface area contributed by atoms with E-state index in [9.17, 15) is 4.79 Å². The standard InChI is InChI=1S/C25H18Cl2N6OS2/c26-20-7-6-16(13-21(20)27)12-19-14-29-24(36-19)30-22(34)15-35-25-32-31-23(17-8-10-28-11-9-17)33(25)18-4-2-1-3-5-18/h1-11,13-14H,12,15H2,(H,29,30,34). The Balaban J connectivity index is 1.27. The Labute approximate surface area is 225 Å². The van der Waals surface area contributed by atoms with Gasteiger partial charge in [-0.2, -0.15) is 0 Å². The molecule has 0 fully saturated rings. The first-order valence-corrected chi connectivity index (χ1v) is 13.3. The molecule has 3 heterocycles. The van der Waals surface area contributed by atoms with E-state index in [1.54, 1.807) is 24.7 Å². The van der Waals surface area contributed by atoms with Crippen molar-refractivity contribution >= 4 is 57.3 Å². The van der Waals surface area contributed by atoms with Crippen molar-refractivity contribution in [2.75, 3.05) is 11.1 Å². The quantitative estimate of drug-likeness (QED) is 0.224. The molecule has 0 bridgehead atoms. The summed E-state index contributed by atoms with van der Waals surface area (Å²) in [6, 6.07) is 19.1. The number of hydrogen-bond acceptors (Lipinski definition) is 7. The molecule has 5 aromatic rings. The third kappa shape index (κ3) is 5.76. The number of halogens is 2. The van der Waals surface area contributed by atoms with E-state index in [1.807, 2.05) is 59.2 Å². The lowest BCUT2D eigenvalue weighted by atomic mass is 10.1. The summed E-state index contributed by atoms with van der Waals surface area (Å²) in [5.41, 5.74) is 2.81. The fraction of sp³-hybridized carbons (Fsp3) is 0.0800. The fourth-order valence-corrected chi connectivity index (χ4v) is 5.38. The highest BCUT2D eigenvalue weighted by atomic mass is 35.5. The van der Waals surface area contributed by atoms with Crippen LogP contribution in [-0.4, -0.2) is 36.4 Å². The molecule has 11 heteroatoms. The van der Waals surface area contributed by atoms with Gasteiger partial charge in [0.15, 0.2) is 16.1 Å². The third-order valence-corrected chi connectivity index (χ3v) is 7.66. The van der Waals surface area contributed by atoms with Gasteiger partial charge in [-0.1, -0.05) is 59.2 Å². The Morgan fingerprint density at radius 2 is 1.81 bits per heavy atom. The molecule has 0 aliphatic heterocycles. The number of pyridine rings is 1. The first kappa shape index (κ1) is 24.5. The highest BCUT2D eigenvalue weighted by molar-refractivity contribution is 7.99. The molecule has 5 rings (SSSR count). The number of nitrogens with zero attached hydrogens (tertiary/aromatic N) is 5. The average Bonchev–Trinajstić information content (AvgIpc) is 3.53. The molecular formula is C25H18Cl2N6OS2. The van der Waals surface area contributed by atoms with Crippen molar-refractivity contribution in [3.63, 3.8) is 0 Å². The molecule has 0 saturated carbocycles. The lowest BCUT2D eigenvalue weighted by Gasteiger charge is -2.10. The SMILES string of the molecule is O=C(CSc1nnc(-c2ccncc2)n1-c1ccccc1)Nc1ncc(Cc2ccc(Cl)c(Cl)c2)s1. The summed E-state index contributed by atoms with van der Waals surface area (Å²) in [5, 5.41) is 13.8. The lowest BCUT2D eigenvalue weighted by Crippen LogP contribution is -2.14. The summed E-state index contributed by atoms with van der Waals surface area (Å²) in [7, 11) is 0. The molecule has 0 spiro atoms. The molecule has 2 aromatic carbocycles. The number of aromatic nitrogens is 5. The van der Waals surface area contributed by atoms with Crippen molar-refractivity contribution < 1.29 is 4.79 Å². The van der Waals surface area contributed by atoms with Crippen molar-refractivity contribution in [1.82, 2.24) is 24.7 Å². The molecular weight excluding hydrogens is 535 g/mol. The van der Waals surface area contributed by atoms with Crippen LogP contribution in [0.4, 0.5) is 5.13 Å². The number of hydrogen-bond donors (Lipinski definition) is 1. The number of thiazole rings is 1. The van der Waals surface area contributed by atoms with Gasteiger partial charge in [0.1, 0.15) is 0 Å². The van der Waals surface area contributed by atoms with Gasteiger partial charge in [0.2, 0.25) is 5.91 Å². The van der Waals surface area contributed by atoms with Crippen LogP contribution in [0.2, 0.25) is 10.0 Å². The molecule has 180 valence electrons. The van der Waals surface area contributed by atoms with Gasteiger partial charge in [-0.25, -0.2) is 4.98 Å². The van der Waals surface area contributed by atoms with E-state index in [0.29, 0.717) is 32.6 Å². The molecule has 0 atom stereocenters. The maximum absolute atomic E-state index is 12.7. The zero-order valence-corrected chi connectivity index (χ0v) is 21.8. The highest BCUT2D eigenvalue weighted by Crippen LogP contribution is 2.29. The number of thioether (sulfide) groups is 1. The number of carbonyl (C=O) groups excluding carboxylic acids is 1. The largest absolute Gasteiger partial charge is 0.301 e. The first-order chi connectivity index (χ1) is 17.6. The zero-order valence-electron chi connectivity index (χ0n) is 18.6. The van der Waals surface area contributed by atoms with E-state index < -0.39 is 0 Å². The predicted molar refractivity (Wildman–Crippen MR) is 145 cm³/mol. The van der Waals surface area contributed by atoms with Crippen molar-refractivity contribution in [2.45, 2.75) is 11.6 Å². The van der Waals surface area contributed by atoms with Gasteiger partial charge < -0.3 is 5.32 Å². The molecule has 0 saturated heterocycles. The minimum atomic E-state index is -0.177. The second-order valence-corrected chi connectivity index (χ2v) is 10.5. The smallest absolute Gasteiger partial charge is 0.236 e. The summed E-state index contributed by atoms with van der Waals surface area (Å²) < 4.78 is 1.94. The topological polar surface area (TPSA) is 85.6 Å². The van der Waals surface area contributed by atoms with Crippen molar-refractivity contribution in [3.8, 4) is 17.1 Å². The number of nitrogens with one attached hydrogen (secondary N) is 1. The number of benzene rings is 2. The maximum Gasteiger partial charge on any atom is 0.236 e. The van der Waals surface area contributed by atoms with Crippen LogP contribution in [0.3, 0.4) is 0 Å². The van der Waals surface area contributed by atoms with Gasteiger partial charge in [0.05, 0.1) is 15.8 Å². The molecule has 3 aromatic heterocycles. The van der Waals surface area contributed by atoms with Crippen LogP contribution in [0.15, 0.2) is 84.4 Å². The summed E-state index contributed by atoms with van der Waals surface area (Å²) in [6.07, 6.45) is 5.83. The van der Waals surface area contributed by atoms with E-state index in [2.05, 4.69) is 25.5 Å². The summed E-state index contributed by atoms with van der Waals surface area (Å²) in [6.45, 7) is 0. The number of amides is 1. The second kappa shape index (κ2) is 11.2. The Bertz CT molecular complexity index is 1490. The molecule has 0 aliphatic rings. The van der Waals surface area contributed by atoms with Crippen LogP contribution < -0.4 is 5.32 Å². The second-order valence-electron chi connectivity index (χ2n) is 7.61. The number of para-hydroxylation sites is 1. The van der Waals surface area contributed by atoms with Crippen molar-refractivity contribution in [3.05, 3.63) is 99.7 Å². The normalized spacial score (nSPS) is 10.9. The number of anilines is 1. The molecule has 1 amide bonds. The van der Waals surface area contributed by atoms with Crippen LogP contribution in [0.25, 0.3) is 17.1 Å². The van der Waals surface area contributed by atoms with Gasteiger partial charge in [-0.3, -0.25) is 14.3 Å². The Morgan fingerprint density at radius 1 is 1.00 bits per heavy atom. The predicted octanol–water partition coefficient (Wildman–Crippen LogP) is 6.41. The molecule has 1 N–H and O–H groups in total. The van der Waals surface area contributed by atoms with Crippen LogP contribution in [0.5, 0.6) is 0 Å². The third-order valence-electron chi connectivity index (χ3n) is 5.08. The van der Waals surface area contributed by atoms with Gasteiger partial charge >= 0.3 is 0 Å². The highest BCUT2D eigenvalue weighted by Gasteiger charge is 2.17. The van der Waals surface area contributed by atoms with E-state index in [0.717, 1.165) is 21.7 Å². The number of carbonyl (C=O) groups is 1. The fourth-order valence-electron chi connectivity index (χ4n) is 3.44. The van der Waals surface area contributed by atoms with E-state index in [4.69, 9.17) is 23.2 Å². The Morgan fingerprint density at radius 3 is 2.58 bits per heavy atom. The lowest BCUT2D eigenvalue weighted by molar-refractivity contribution is -0.113. The molecule has 0 unspecified atom stereocenters. The average molecular weight is 554 g/mol. The summed E-state index contributed by atoms with van der Waals surface area (Å²) in [4.78, 5) is 22.1. The monoisotopic (exact) mass is 552 g/mol. The van der Waals surface area contributed by atoms with Gasteiger partial charge in [-0.05, 0) is 42.0 Å². The van der Waals surface area contributed by atoms with E-state index in [1.165, 1.54) is 23.1 Å². The van der Waals surface area contributed by atoms with Gasteiger partial charge in [0.25, 0.3) is 0 Å². The molecule has 36 heavy (non-hydrogen) atoms. The van der Waals surface area contributed by atoms with Crippen molar-refractivity contribution in [2.24, 2.45) is 0 Å². The Hall–Kier alpha value is -3.24. The van der Waals surface area contributed by atoms with Crippen LogP contribution in [0.1, 0.15) is 10.4 Å². The first-order valence-electron chi connectivity index (χ1n) is 10.8. The van der Waals surface area contributed by atoms with Crippen LogP contribution in [-0.2, 0) is 11.2 Å². The number of rotatable bonds is 8. The van der Waals surface area contributed by atoms with Crippen molar-refractivity contribution in [1.29, 1.82) is 0 Å². The minimum absolute atomic E-state index is 0.156. The van der Waals surface area contributed by atoms with Gasteiger partial charge in [-0.15, -0.1) is 21.5 Å². The van der Waals surface area contributed by atoms with E-state index >= 15 is 0 Å². The molecule has 0 aliphatic carbocycles. The molecule has 0 radical (unpaired) electrons. The van der Waals surface area contributed by atoms with Crippen LogP contribution in [0, 0.1) is 0 Å². The summed E-state index contributed by atoms with van der Waals surface area (Å²) >= 11 is 14.8. The zero-order chi connectivity index (χ0) is 24.9. The Kier molecular flexibility index (Phi) is 7.62.